The van der Waals surface area contributed by atoms with Gasteiger partial charge in [0.2, 0.25) is 5.12 Å². The molecule has 1 aromatic rings. The number of anilines is 1. The molecule has 0 fully saturated rings. The minimum absolute atomic E-state index is 0.00357. The fourth-order valence-corrected chi connectivity index (χ4v) is 2.45. The van der Waals surface area contributed by atoms with E-state index >= 15 is 0 Å². The first-order chi connectivity index (χ1) is 7.63. The quantitative estimate of drug-likeness (QED) is 0.756. The lowest BCUT2D eigenvalue weighted by atomic mass is 10.2. The summed E-state index contributed by atoms with van der Waals surface area (Å²) in [6.45, 7) is 1.79. The highest BCUT2D eigenvalue weighted by atomic mass is 32.2. The Kier molecular flexibility index (Phi) is 2.87. The molecule has 16 heavy (non-hydrogen) atoms. The van der Waals surface area contributed by atoms with Crippen molar-refractivity contribution in [3.63, 3.8) is 0 Å². The van der Waals surface area contributed by atoms with Crippen LogP contribution in [0.1, 0.15) is 17.3 Å². The molecule has 84 valence electrons. The number of hydrogen-bond acceptors (Lipinski definition) is 5. The van der Waals surface area contributed by atoms with Gasteiger partial charge in [-0.15, -0.1) is 0 Å². The van der Waals surface area contributed by atoms with E-state index in [-0.39, 0.29) is 11.2 Å². The van der Waals surface area contributed by atoms with E-state index in [9.17, 15) is 9.59 Å². The van der Waals surface area contributed by atoms with Crippen molar-refractivity contribution in [1.29, 1.82) is 0 Å². The van der Waals surface area contributed by atoms with Gasteiger partial charge in [0.1, 0.15) is 0 Å². The normalized spacial score (nSPS) is 18.6. The summed E-state index contributed by atoms with van der Waals surface area (Å²) in [7, 11) is 1.33. The van der Waals surface area contributed by atoms with E-state index in [4.69, 9.17) is 0 Å². The van der Waals surface area contributed by atoms with E-state index in [1.807, 2.05) is 6.07 Å². The predicted octanol–water partition coefficient (Wildman–Crippen LogP) is 1.91. The van der Waals surface area contributed by atoms with Crippen LogP contribution in [0.25, 0.3) is 0 Å². The van der Waals surface area contributed by atoms with Crippen LogP contribution in [0.4, 0.5) is 5.69 Å². The number of esters is 1. The fourth-order valence-electron chi connectivity index (χ4n) is 1.51. The number of nitrogens with one attached hydrogen (secondary N) is 1. The highest BCUT2D eigenvalue weighted by Crippen LogP contribution is 2.36. The molecule has 0 bridgehead atoms. The summed E-state index contributed by atoms with van der Waals surface area (Å²) >= 11 is 1.09. The highest BCUT2D eigenvalue weighted by Gasteiger charge is 2.27. The molecule has 1 atom stereocenters. The van der Waals surface area contributed by atoms with Crippen LogP contribution < -0.4 is 5.32 Å². The van der Waals surface area contributed by atoms with Gasteiger partial charge in [-0.3, -0.25) is 4.79 Å². The maximum atomic E-state index is 11.6. The summed E-state index contributed by atoms with van der Waals surface area (Å²) < 4.78 is 4.67. The number of rotatable bonds is 1. The fraction of sp³-hybridized carbons (Fsp3) is 0.273. The van der Waals surface area contributed by atoms with Crippen molar-refractivity contribution in [3.8, 4) is 0 Å². The second-order valence-electron chi connectivity index (χ2n) is 3.46. The summed E-state index contributed by atoms with van der Waals surface area (Å²) in [5, 5.41) is 3.05. The van der Waals surface area contributed by atoms with Crippen molar-refractivity contribution in [3.05, 3.63) is 23.8 Å². The lowest BCUT2D eigenvalue weighted by molar-refractivity contribution is -0.111. The molecule has 0 amide bonds. The van der Waals surface area contributed by atoms with Crippen LogP contribution >= 0.6 is 11.8 Å². The van der Waals surface area contributed by atoms with Gasteiger partial charge in [0.15, 0.2) is 0 Å². The Bertz CT molecular complexity index is 459. The number of ether oxygens (including phenoxy) is 1. The van der Waals surface area contributed by atoms with Crippen molar-refractivity contribution in [2.45, 2.75) is 17.9 Å². The number of carbonyl (C=O) groups excluding carboxylic acids is 2. The second-order valence-corrected chi connectivity index (χ2v) is 4.48. The van der Waals surface area contributed by atoms with Gasteiger partial charge in [0.05, 0.1) is 23.6 Å². The molecule has 1 aromatic carbocycles. The molecule has 1 aliphatic heterocycles. The third-order valence-electron chi connectivity index (χ3n) is 2.35. The number of carbonyl (C=O) groups is 2. The summed E-state index contributed by atoms with van der Waals surface area (Å²) in [5.41, 5.74) is 1.23. The summed E-state index contributed by atoms with van der Waals surface area (Å²) in [6, 6.07) is 5.03. The van der Waals surface area contributed by atoms with Crippen LogP contribution in [0.15, 0.2) is 23.1 Å². The smallest absolute Gasteiger partial charge is 0.339 e. The average molecular weight is 237 g/mol. The molecule has 1 unspecified atom stereocenters. The van der Waals surface area contributed by atoms with Crippen molar-refractivity contribution in [2.75, 3.05) is 12.4 Å². The number of benzene rings is 1. The van der Waals surface area contributed by atoms with E-state index in [0.717, 1.165) is 17.4 Å². The highest BCUT2D eigenvalue weighted by molar-refractivity contribution is 8.14. The second kappa shape index (κ2) is 4.17. The summed E-state index contributed by atoms with van der Waals surface area (Å²) in [5.74, 6) is -0.423. The van der Waals surface area contributed by atoms with Crippen molar-refractivity contribution in [2.24, 2.45) is 0 Å². The molecule has 0 saturated carbocycles. The van der Waals surface area contributed by atoms with Crippen molar-refractivity contribution < 1.29 is 14.3 Å². The average Bonchev–Trinajstić information content (AvgIpc) is 2.29. The Hall–Kier alpha value is -1.49. The molecular formula is C11H11NO3S. The lowest BCUT2D eigenvalue weighted by Crippen LogP contribution is -2.28. The van der Waals surface area contributed by atoms with E-state index in [1.54, 1.807) is 19.1 Å². The topological polar surface area (TPSA) is 55.4 Å². The van der Waals surface area contributed by atoms with Crippen LogP contribution in [0.5, 0.6) is 0 Å². The Morgan fingerprint density at radius 1 is 1.50 bits per heavy atom. The maximum Gasteiger partial charge on any atom is 0.339 e. The molecule has 0 radical (unpaired) electrons. The Morgan fingerprint density at radius 3 is 2.94 bits per heavy atom. The first-order valence-electron chi connectivity index (χ1n) is 4.83. The maximum absolute atomic E-state index is 11.6. The van der Waals surface area contributed by atoms with Gasteiger partial charge in [0, 0.05) is 5.69 Å². The SMILES string of the molecule is COC(=O)c1cccc2c1SC(=O)C(C)N2. The van der Waals surface area contributed by atoms with E-state index < -0.39 is 5.97 Å². The van der Waals surface area contributed by atoms with E-state index in [0.29, 0.717) is 10.5 Å². The first kappa shape index (κ1) is 11.0. The van der Waals surface area contributed by atoms with Gasteiger partial charge < -0.3 is 10.1 Å². The van der Waals surface area contributed by atoms with Crippen LogP contribution in [0, 0.1) is 0 Å². The zero-order valence-electron chi connectivity index (χ0n) is 8.94. The molecule has 5 heteroatoms. The standard InChI is InChI=1S/C11H11NO3S/c1-6-11(14)16-9-7(10(13)15-2)4-3-5-8(9)12-6/h3-6,12H,1-2H3. The Morgan fingerprint density at radius 2 is 2.25 bits per heavy atom. The first-order valence-corrected chi connectivity index (χ1v) is 5.64. The monoisotopic (exact) mass is 237 g/mol. The summed E-state index contributed by atoms with van der Waals surface area (Å²) in [6.07, 6.45) is 0. The lowest BCUT2D eigenvalue weighted by Gasteiger charge is -2.23. The predicted molar refractivity (Wildman–Crippen MR) is 61.7 cm³/mol. The molecule has 0 aromatic heterocycles. The van der Waals surface area contributed by atoms with Crippen LogP contribution in [-0.4, -0.2) is 24.2 Å². The van der Waals surface area contributed by atoms with Gasteiger partial charge in [-0.1, -0.05) is 6.07 Å². The Balaban J connectivity index is 2.48. The molecule has 4 nitrogen and oxygen atoms in total. The number of fused-ring (bicyclic) bond motifs is 1. The molecule has 0 aliphatic carbocycles. The van der Waals surface area contributed by atoms with Crippen molar-refractivity contribution in [1.82, 2.24) is 0 Å². The van der Waals surface area contributed by atoms with E-state index in [2.05, 4.69) is 10.1 Å². The van der Waals surface area contributed by atoms with Gasteiger partial charge in [-0.25, -0.2) is 4.79 Å². The van der Waals surface area contributed by atoms with Crippen molar-refractivity contribution >= 4 is 28.5 Å². The molecule has 1 heterocycles. The molecule has 0 saturated heterocycles. The zero-order valence-corrected chi connectivity index (χ0v) is 9.76. The Labute approximate surface area is 97.4 Å². The largest absolute Gasteiger partial charge is 0.465 e. The van der Waals surface area contributed by atoms with Gasteiger partial charge in [0.25, 0.3) is 0 Å². The summed E-state index contributed by atoms with van der Waals surface area (Å²) in [4.78, 5) is 23.7. The minimum Gasteiger partial charge on any atom is -0.465 e. The molecule has 1 aliphatic rings. The van der Waals surface area contributed by atoms with Crippen LogP contribution in [-0.2, 0) is 9.53 Å². The molecule has 1 N–H and O–H groups in total. The zero-order chi connectivity index (χ0) is 11.7. The van der Waals surface area contributed by atoms with E-state index in [1.165, 1.54) is 7.11 Å². The number of thioether (sulfide) groups is 1. The van der Waals surface area contributed by atoms with Gasteiger partial charge in [-0.2, -0.15) is 0 Å². The number of hydrogen-bond donors (Lipinski definition) is 1. The van der Waals surface area contributed by atoms with Crippen LogP contribution in [0.2, 0.25) is 0 Å². The third-order valence-corrected chi connectivity index (χ3v) is 3.55. The van der Waals surface area contributed by atoms with Gasteiger partial charge >= 0.3 is 5.97 Å². The third kappa shape index (κ3) is 1.78. The van der Waals surface area contributed by atoms with Gasteiger partial charge in [-0.05, 0) is 30.8 Å². The van der Waals surface area contributed by atoms with Crippen LogP contribution in [0.3, 0.4) is 0 Å². The molecule has 0 spiro atoms. The molecular weight excluding hydrogens is 226 g/mol. The number of methoxy groups -OCH3 is 1. The molecule has 2 rings (SSSR count). The minimum atomic E-state index is -0.423.